The van der Waals surface area contributed by atoms with Gasteiger partial charge in [0.1, 0.15) is 0 Å². The average Bonchev–Trinajstić information content (AvgIpc) is 3.26. The minimum atomic E-state index is 0.757. The van der Waals surface area contributed by atoms with E-state index in [1.165, 1.54) is 5.56 Å². The number of anilines is 2. The minimum Gasteiger partial charge on any atom is -0.329 e. The van der Waals surface area contributed by atoms with E-state index in [0.29, 0.717) is 0 Å². The van der Waals surface area contributed by atoms with E-state index in [1.54, 1.807) is 17.5 Å². The maximum absolute atomic E-state index is 4.64. The van der Waals surface area contributed by atoms with Crippen molar-refractivity contribution >= 4 is 27.8 Å². The normalized spacial score (nSPS) is 11.5. The lowest BCUT2D eigenvalue weighted by Crippen LogP contribution is -2.09. The number of aromatic nitrogens is 5. The SMILES string of the molecule is Cc1cn2c(-c3cn[nH]c3)cnc2c(Nc2cc(CN(C)C)cs2)n1. The van der Waals surface area contributed by atoms with E-state index < -0.39 is 0 Å². The second kappa shape index (κ2) is 6.30. The molecule has 4 rings (SSSR count). The number of nitrogens with one attached hydrogen (secondary N) is 2. The van der Waals surface area contributed by atoms with Crippen LogP contribution in [-0.2, 0) is 6.54 Å². The van der Waals surface area contributed by atoms with Crippen molar-refractivity contribution in [3.8, 4) is 11.3 Å². The van der Waals surface area contributed by atoms with Crippen LogP contribution in [0, 0.1) is 6.92 Å². The molecule has 7 nitrogen and oxygen atoms in total. The van der Waals surface area contributed by atoms with Crippen LogP contribution in [0.4, 0.5) is 10.8 Å². The molecule has 25 heavy (non-hydrogen) atoms. The monoisotopic (exact) mass is 353 g/mol. The molecule has 4 heterocycles. The highest BCUT2D eigenvalue weighted by Gasteiger charge is 2.13. The van der Waals surface area contributed by atoms with E-state index >= 15 is 0 Å². The molecular weight excluding hydrogens is 334 g/mol. The summed E-state index contributed by atoms with van der Waals surface area (Å²) in [7, 11) is 4.14. The van der Waals surface area contributed by atoms with Crippen LogP contribution in [0.1, 0.15) is 11.3 Å². The molecule has 0 bridgehead atoms. The Kier molecular flexibility index (Phi) is 3.98. The van der Waals surface area contributed by atoms with Crippen molar-refractivity contribution in [3.63, 3.8) is 0 Å². The number of aryl methyl sites for hydroxylation is 1. The zero-order valence-electron chi connectivity index (χ0n) is 14.3. The first-order valence-electron chi connectivity index (χ1n) is 7.93. The van der Waals surface area contributed by atoms with Gasteiger partial charge in [-0.05, 0) is 38.0 Å². The van der Waals surface area contributed by atoms with Gasteiger partial charge in [-0.1, -0.05) is 0 Å². The molecule has 4 aromatic heterocycles. The van der Waals surface area contributed by atoms with Crippen molar-refractivity contribution < 1.29 is 0 Å². The topological polar surface area (TPSA) is 74.1 Å². The standard InChI is InChI=1S/C17H19N7S/c1-11-8-24-14(13-5-19-20-6-13)7-18-17(24)16(21-11)22-15-4-12(10-25-15)9-23(2)3/h4-8,10H,9H2,1-3H3,(H,19,20)(H,21,22). The molecule has 0 aliphatic rings. The highest BCUT2D eigenvalue weighted by molar-refractivity contribution is 7.14. The second-order valence-electron chi connectivity index (χ2n) is 6.24. The van der Waals surface area contributed by atoms with E-state index in [-0.39, 0.29) is 0 Å². The van der Waals surface area contributed by atoms with Gasteiger partial charge in [0.25, 0.3) is 0 Å². The first kappa shape index (κ1) is 15.8. The fraction of sp³-hybridized carbons (Fsp3) is 0.235. The van der Waals surface area contributed by atoms with Gasteiger partial charge < -0.3 is 10.2 Å². The quantitative estimate of drug-likeness (QED) is 0.576. The average molecular weight is 353 g/mol. The van der Waals surface area contributed by atoms with Crippen LogP contribution in [0.3, 0.4) is 0 Å². The first-order valence-corrected chi connectivity index (χ1v) is 8.81. The second-order valence-corrected chi connectivity index (χ2v) is 7.15. The fourth-order valence-corrected chi connectivity index (χ4v) is 3.60. The Morgan fingerprint density at radius 1 is 1.32 bits per heavy atom. The lowest BCUT2D eigenvalue weighted by atomic mass is 10.3. The number of fused-ring (bicyclic) bond motifs is 1. The van der Waals surface area contributed by atoms with E-state index in [0.717, 1.165) is 40.0 Å². The van der Waals surface area contributed by atoms with Crippen molar-refractivity contribution in [3.05, 3.63) is 47.5 Å². The zero-order chi connectivity index (χ0) is 17.4. The van der Waals surface area contributed by atoms with Crippen molar-refractivity contribution in [1.82, 2.24) is 29.5 Å². The Balaban J connectivity index is 1.71. The van der Waals surface area contributed by atoms with Crippen molar-refractivity contribution in [1.29, 1.82) is 0 Å². The van der Waals surface area contributed by atoms with Gasteiger partial charge in [0, 0.05) is 24.5 Å². The molecule has 0 spiro atoms. The first-order chi connectivity index (χ1) is 12.1. The Morgan fingerprint density at radius 2 is 2.20 bits per heavy atom. The predicted octanol–water partition coefficient (Wildman–Crippen LogP) is 3.29. The summed E-state index contributed by atoms with van der Waals surface area (Å²) in [6, 6.07) is 2.16. The lowest BCUT2D eigenvalue weighted by Gasteiger charge is -2.08. The summed E-state index contributed by atoms with van der Waals surface area (Å²) >= 11 is 1.68. The van der Waals surface area contributed by atoms with E-state index in [2.05, 4.69) is 55.9 Å². The highest BCUT2D eigenvalue weighted by Crippen LogP contribution is 2.28. The van der Waals surface area contributed by atoms with Gasteiger partial charge in [0.2, 0.25) is 0 Å². The number of hydrogen-bond acceptors (Lipinski definition) is 6. The molecule has 4 aromatic rings. The maximum Gasteiger partial charge on any atom is 0.180 e. The molecule has 0 aliphatic heterocycles. The molecule has 0 unspecified atom stereocenters. The molecule has 2 N–H and O–H groups in total. The molecule has 128 valence electrons. The summed E-state index contributed by atoms with van der Waals surface area (Å²) in [6.45, 7) is 2.90. The molecular formula is C17H19N7S. The number of thiophene rings is 1. The van der Waals surface area contributed by atoms with Crippen molar-refractivity contribution in [2.45, 2.75) is 13.5 Å². The van der Waals surface area contributed by atoms with Gasteiger partial charge in [-0.3, -0.25) is 9.50 Å². The van der Waals surface area contributed by atoms with Crippen LogP contribution in [0.25, 0.3) is 16.9 Å². The number of imidazole rings is 1. The Bertz CT molecular complexity index is 998. The highest BCUT2D eigenvalue weighted by atomic mass is 32.1. The summed E-state index contributed by atoms with van der Waals surface area (Å²) in [5.41, 5.74) is 4.97. The van der Waals surface area contributed by atoms with Gasteiger partial charge in [-0.25, -0.2) is 9.97 Å². The molecule has 0 saturated heterocycles. The van der Waals surface area contributed by atoms with Crippen LogP contribution in [-0.4, -0.2) is 43.6 Å². The maximum atomic E-state index is 4.64. The fourth-order valence-electron chi connectivity index (χ4n) is 2.80. The summed E-state index contributed by atoms with van der Waals surface area (Å²) in [5.74, 6) is 0.757. The van der Waals surface area contributed by atoms with Gasteiger partial charge in [-0.15, -0.1) is 11.3 Å². The van der Waals surface area contributed by atoms with Gasteiger partial charge in [0.15, 0.2) is 11.5 Å². The molecule has 0 atom stereocenters. The van der Waals surface area contributed by atoms with Gasteiger partial charge in [0.05, 0.1) is 28.8 Å². The molecule has 0 fully saturated rings. The zero-order valence-corrected chi connectivity index (χ0v) is 15.1. The largest absolute Gasteiger partial charge is 0.329 e. The molecule has 0 aromatic carbocycles. The van der Waals surface area contributed by atoms with Gasteiger partial charge in [-0.2, -0.15) is 5.10 Å². The molecule has 0 saturated carbocycles. The third-order valence-corrected chi connectivity index (χ3v) is 4.70. The van der Waals surface area contributed by atoms with Crippen LogP contribution in [0.2, 0.25) is 0 Å². The number of H-pyrrole nitrogens is 1. The third kappa shape index (κ3) is 3.13. The Morgan fingerprint density at radius 3 is 2.96 bits per heavy atom. The summed E-state index contributed by atoms with van der Waals surface area (Å²) in [4.78, 5) is 11.4. The molecule has 8 heteroatoms. The minimum absolute atomic E-state index is 0.757. The van der Waals surface area contributed by atoms with Crippen LogP contribution in [0.5, 0.6) is 0 Å². The number of rotatable bonds is 5. The molecule has 0 aliphatic carbocycles. The summed E-state index contributed by atoms with van der Waals surface area (Å²) < 4.78 is 2.05. The third-order valence-electron chi connectivity index (χ3n) is 3.80. The number of aromatic amines is 1. The Hall–Kier alpha value is -2.71. The van der Waals surface area contributed by atoms with E-state index in [9.17, 15) is 0 Å². The van der Waals surface area contributed by atoms with Crippen molar-refractivity contribution in [2.75, 3.05) is 19.4 Å². The Labute approximate surface area is 149 Å². The molecule has 0 amide bonds. The number of nitrogens with zero attached hydrogens (tertiary/aromatic N) is 5. The number of hydrogen-bond donors (Lipinski definition) is 2. The van der Waals surface area contributed by atoms with E-state index in [4.69, 9.17) is 0 Å². The summed E-state index contributed by atoms with van der Waals surface area (Å²) in [5, 5.41) is 13.5. The molecule has 0 radical (unpaired) electrons. The summed E-state index contributed by atoms with van der Waals surface area (Å²) in [6.07, 6.45) is 7.48. The lowest BCUT2D eigenvalue weighted by molar-refractivity contribution is 0.403. The smallest absolute Gasteiger partial charge is 0.180 e. The van der Waals surface area contributed by atoms with Gasteiger partial charge >= 0.3 is 0 Å². The predicted molar refractivity (Wildman–Crippen MR) is 100 cm³/mol. The van der Waals surface area contributed by atoms with Crippen molar-refractivity contribution in [2.24, 2.45) is 0 Å². The van der Waals surface area contributed by atoms with Crippen LogP contribution >= 0.6 is 11.3 Å². The van der Waals surface area contributed by atoms with Crippen LogP contribution in [0.15, 0.2) is 36.2 Å². The van der Waals surface area contributed by atoms with Crippen LogP contribution < -0.4 is 5.32 Å². The van der Waals surface area contributed by atoms with E-state index in [1.807, 2.05) is 29.9 Å².